The molecule has 5 nitrogen and oxygen atoms in total. The van der Waals surface area contributed by atoms with Crippen LogP contribution in [0.5, 0.6) is 0 Å². The zero-order valence-electron chi connectivity index (χ0n) is 13.5. The second-order valence-electron chi connectivity index (χ2n) is 6.18. The van der Waals surface area contributed by atoms with Crippen LogP contribution in [0.15, 0.2) is 24.3 Å². The molecule has 1 aliphatic rings. The molecule has 0 aromatic heterocycles. The number of nitrogens with two attached hydrogens (primary N) is 1. The van der Waals surface area contributed by atoms with Crippen molar-refractivity contribution in [2.24, 2.45) is 5.92 Å². The molecule has 3 N–H and O–H groups in total. The molecule has 5 heteroatoms. The third-order valence-corrected chi connectivity index (χ3v) is 4.14. The van der Waals surface area contributed by atoms with Crippen LogP contribution in [0.4, 0.5) is 5.69 Å². The minimum absolute atomic E-state index is 0.0590. The summed E-state index contributed by atoms with van der Waals surface area (Å²) < 4.78 is 5.40. The monoisotopic (exact) mass is 305 g/mol. The van der Waals surface area contributed by atoms with Gasteiger partial charge in [0.15, 0.2) is 0 Å². The molecule has 1 saturated heterocycles. The van der Waals surface area contributed by atoms with Crippen molar-refractivity contribution in [3.63, 3.8) is 0 Å². The van der Waals surface area contributed by atoms with Crippen molar-refractivity contribution in [1.29, 1.82) is 0 Å². The van der Waals surface area contributed by atoms with Crippen LogP contribution in [0, 0.1) is 5.92 Å². The topological polar surface area (TPSA) is 67.6 Å². The average molecular weight is 305 g/mol. The smallest absolute Gasteiger partial charge is 0.224 e. The Bertz CT molecular complexity index is 467. The Morgan fingerprint density at radius 3 is 2.50 bits per heavy atom. The van der Waals surface area contributed by atoms with Gasteiger partial charge < -0.3 is 15.8 Å². The van der Waals surface area contributed by atoms with Gasteiger partial charge in [0.25, 0.3) is 0 Å². The fourth-order valence-electron chi connectivity index (χ4n) is 2.80. The van der Waals surface area contributed by atoms with E-state index >= 15 is 0 Å². The van der Waals surface area contributed by atoms with Crippen LogP contribution in [0.2, 0.25) is 0 Å². The molecule has 0 aliphatic carbocycles. The molecule has 22 heavy (non-hydrogen) atoms. The predicted octanol–water partition coefficient (Wildman–Crippen LogP) is 1.28. The first-order valence-corrected chi connectivity index (χ1v) is 7.99. The molecule has 2 rings (SSSR count). The number of nitrogens with one attached hydrogen (secondary N) is 1. The molecule has 1 aliphatic heterocycles. The molecule has 1 amide bonds. The molecule has 1 atom stereocenters. The second kappa shape index (κ2) is 8.15. The number of nitrogen functional groups attached to an aromatic ring is 1. The number of nitrogens with zero attached hydrogens (tertiary/aromatic N) is 1. The van der Waals surface area contributed by atoms with Crippen LogP contribution in [-0.4, -0.2) is 49.7 Å². The first kappa shape index (κ1) is 16.8. The van der Waals surface area contributed by atoms with Crippen LogP contribution >= 0.6 is 0 Å². The van der Waals surface area contributed by atoms with E-state index in [-0.39, 0.29) is 5.91 Å². The highest BCUT2D eigenvalue weighted by Gasteiger charge is 2.24. The fraction of sp³-hybridized carbons (Fsp3) is 0.588. The maximum Gasteiger partial charge on any atom is 0.224 e. The van der Waals surface area contributed by atoms with Gasteiger partial charge in [0.1, 0.15) is 0 Å². The Balaban J connectivity index is 1.83. The van der Waals surface area contributed by atoms with E-state index in [1.807, 2.05) is 24.3 Å². The highest BCUT2D eigenvalue weighted by molar-refractivity contribution is 5.78. The van der Waals surface area contributed by atoms with Crippen molar-refractivity contribution >= 4 is 11.6 Å². The molecule has 0 radical (unpaired) electrons. The number of rotatable bonds is 6. The van der Waals surface area contributed by atoms with Gasteiger partial charge in [-0.3, -0.25) is 9.69 Å². The molecular formula is C17H27N3O2. The maximum absolute atomic E-state index is 12.1. The van der Waals surface area contributed by atoms with Gasteiger partial charge >= 0.3 is 0 Å². The molecule has 0 saturated carbocycles. The Labute approximate surface area is 132 Å². The first-order chi connectivity index (χ1) is 10.6. The summed E-state index contributed by atoms with van der Waals surface area (Å²) in [6, 6.07) is 7.81. The van der Waals surface area contributed by atoms with Crippen LogP contribution in [0.1, 0.15) is 19.4 Å². The van der Waals surface area contributed by atoms with Crippen molar-refractivity contribution in [2.45, 2.75) is 26.3 Å². The van der Waals surface area contributed by atoms with Gasteiger partial charge in [0.05, 0.1) is 19.6 Å². The van der Waals surface area contributed by atoms with Crippen molar-refractivity contribution in [2.75, 3.05) is 38.6 Å². The molecule has 1 aromatic carbocycles. The van der Waals surface area contributed by atoms with Crippen LogP contribution < -0.4 is 11.1 Å². The molecule has 0 bridgehead atoms. The van der Waals surface area contributed by atoms with Gasteiger partial charge in [-0.1, -0.05) is 26.0 Å². The van der Waals surface area contributed by atoms with E-state index in [1.165, 1.54) is 0 Å². The van der Waals surface area contributed by atoms with Crippen LogP contribution in [0.25, 0.3) is 0 Å². The quantitative estimate of drug-likeness (QED) is 0.777. The molecule has 122 valence electrons. The number of carbonyl (C=O) groups excluding carboxylic acids is 1. The summed E-state index contributed by atoms with van der Waals surface area (Å²) in [5, 5.41) is 3.07. The lowest BCUT2D eigenvalue weighted by molar-refractivity contribution is -0.120. The van der Waals surface area contributed by atoms with Crippen molar-refractivity contribution in [3.05, 3.63) is 29.8 Å². The van der Waals surface area contributed by atoms with Gasteiger partial charge in [-0.25, -0.2) is 0 Å². The van der Waals surface area contributed by atoms with E-state index in [9.17, 15) is 4.79 Å². The van der Waals surface area contributed by atoms with Gasteiger partial charge in [-0.05, 0) is 23.6 Å². The van der Waals surface area contributed by atoms with Crippen molar-refractivity contribution < 1.29 is 9.53 Å². The van der Waals surface area contributed by atoms with E-state index in [4.69, 9.17) is 10.5 Å². The second-order valence-corrected chi connectivity index (χ2v) is 6.18. The lowest BCUT2D eigenvalue weighted by atomic mass is 10.0. The maximum atomic E-state index is 12.1. The third-order valence-electron chi connectivity index (χ3n) is 4.14. The number of hydrogen-bond donors (Lipinski definition) is 2. The number of morpholine rings is 1. The predicted molar refractivity (Wildman–Crippen MR) is 88.6 cm³/mol. The molecular weight excluding hydrogens is 278 g/mol. The summed E-state index contributed by atoms with van der Waals surface area (Å²) in [4.78, 5) is 14.5. The summed E-state index contributed by atoms with van der Waals surface area (Å²) >= 11 is 0. The Morgan fingerprint density at radius 2 is 1.91 bits per heavy atom. The zero-order chi connectivity index (χ0) is 15.9. The number of ether oxygens (including phenoxy) is 1. The molecule has 1 aromatic rings. The van der Waals surface area contributed by atoms with E-state index < -0.39 is 0 Å². The summed E-state index contributed by atoms with van der Waals surface area (Å²) in [6.07, 6.45) is 0.397. The highest BCUT2D eigenvalue weighted by Crippen LogP contribution is 2.12. The largest absolute Gasteiger partial charge is 0.399 e. The Kier molecular flexibility index (Phi) is 6.21. The first-order valence-electron chi connectivity index (χ1n) is 7.99. The summed E-state index contributed by atoms with van der Waals surface area (Å²) in [6.45, 7) is 8.53. The Hall–Kier alpha value is -1.59. The number of anilines is 1. The van der Waals surface area contributed by atoms with E-state index in [1.54, 1.807) is 0 Å². The highest BCUT2D eigenvalue weighted by atomic mass is 16.5. The molecule has 1 fully saturated rings. The van der Waals surface area contributed by atoms with Gasteiger partial charge in [-0.2, -0.15) is 0 Å². The van der Waals surface area contributed by atoms with E-state index in [0.29, 0.717) is 24.9 Å². The SMILES string of the molecule is CC(C)C(CNC(=O)Cc1ccc(N)cc1)N1CCOCC1. The zero-order valence-corrected chi connectivity index (χ0v) is 13.5. The van der Waals surface area contributed by atoms with Gasteiger partial charge in [0, 0.05) is 31.4 Å². The third kappa shape index (κ3) is 5.00. The normalized spacial score (nSPS) is 17.4. The molecule has 1 heterocycles. The van der Waals surface area contributed by atoms with Gasteiger partial charge in [-0.15, -0.1) is 0 Å². The number of benzene rings is 1. The van der Waals surface area contributed by atoms with Crippen LogP contribution in [0.3, 0.4) is 0 Å². The lowest BCUT2D eigenvalue weighted by Gasteiger charge is -2.36. The van der Waals surface area contributed by atoms with Crippen LogP contribution in [-0.2, 0) is 16.0 Å². The Morgan fingerprint density at radius 1 is 1.27 bits per heavy atom. The number of carbonyl (C=O) groups is 1. The number of hydrogen-bond acceptors (Lipinski definition) is 4. The van der Waals surface area contributed by atoms with Gasteiger partial charge in [0.2, 0.25) is 5.91 Å². The number of amides is 1. The van der Waals surface area contributed by atoms with Crippen molar-refractivity contribution in [3.8, 4) is 0 Å². The van der Waals surface area contributed by atoms with E-state index in [0.717, 1.165) is 37.6 Å². The average Bonchev–Trinajstić information content (AvgIpc) is 2.50. The van der Waals surface area contributed by atoms with Crippen molar-refractivity contribution in [1.82, 2.24) is 10.2 Å². The summed E-state index contributed by atoms with van der Waals surface area (Å²) in [5.41, 5.74) is 7.36. The standard InChI is InChI=1S/C17H27N3O2/c1-13(2)16(20-7-9-22-10-8-20)12-19-17(21)11-14-3-5-15(18)6-4-14/h3-6,13,16H,7-12,18H2,1-2H3,(H,19,21). The molecule has 1 unspecified atom stereocenters. The van der Waals surface area contributed by atoms with E-state index in [2.05, 4.69) is 24.1 Å². The summed E-state index contributed by atoms with van der Waals surface area (Å²) in [7, 11) is 0. The fourth-order valence-corrected chi connectivity index (χ4v) is 2.80. The molecule has 0 spiro atoms. The lowest BCUT2D eigenvalue weighted by Crippen LogP contribution is -2.51. The minimum atomic E-state index is 0.0590. The minimum Gasteiger partial charge on any atom is -0.399 e. The summed E-state index contributed by atoms with van der Waals surface area (Å²) in [5.74, 6) is 0.554.